The van der Waals surface area contributed by atoms with E-state index in [1.165, 1.54) is 13.1 Å². The van der Waals surface area contributed by atoms with Gasteiger partial charge in [0.2, 0.25) is 17.6 Å². The molecule has 30 heavy (non-hydrogen) atoms. The minimum Gasteiger partial charge on any atom is -0.374 e. The van der Waals surface area contributed by atoms with Gasteiger partial charge in [-0.25, -0.2) is 0 Å². The maximum absolute atomic E-state index is 12.6. The van der Waals surface area contributed by atoms with Crippen LogP contribution in [0.3, 0.4) is 0 Å². The molecule has 1 fully saturated rings. The van der Waals surface area contributed by atoms with Crippen LogP contribution >= 0.6 is 0 Å². The number of anilines is 1. The van der Waals surface area contributed by atoms with Crippen LogP contribution in [0.1, 0.15) is 44.6 Å². The fraction of sp³-hybridized carbons (Fsp3) is 0.550. The molecule has 1 atom stereocenters. The molecule has 3 amide bonds. The molecular weight excluding hydrogens is 390 g/mol. The van der Waals surface area contributed by atoms with Crippen molar-refractivity contribution in [3.8, 4) is 0 Å². The molecule has 5 N–H and O–H groups in total. The summed E-state index contributed by atoms with van der Waals surface area (Å²) in [7, 11) is 0. The average Bonchev–Trinajstić information content (AvgIpc) is 2.73. The molecule has 10 heteroatoms. The van der Waals surface area contributed by atoms with E-state index in [1.807, 2.05) is 0 Å². The van der Waals surface area contributed by atoms with Crippen LogP contribution in [-0.2, 0) is 30.5 Å². The molecule has 0 aliphatic heterocycles. The third-order valence-electron chi connectivity index (χ3n) is 4.77. The fourth-order valence-electron chi connectivity index (χ4n) is 3.24. The van der Waals surface area contributed by atoms with E-state index >= 15 is 0 Å². The van der Waals surface area contributed by atoms with Gasteiger partial charge in [0.1, 0.15) is 6.04 Å². The van der Waals surface area contributed by atoms with Crippen molar-refractivity contribution >= 4 is 29.2 Å². The Bertz CT molecular complexity index is 764. The number of ketones is 1. The van der Waals surface area contributed by atoms with Gasteiger partial charge < -0.3 is 26.4 Å². The van der Waals surface area contributed by atoms with Gasteiger partial charge in [0.15, 0.2) is 0 Å². The summed E-state index contributed by atoms with van der Waals surface area (Å²) >= 11 is 0. The first-order valence-corrected chi connectivity index (χ1v) is 10.0. The lowest BCUT2D eigenvalue weighted by Crippen LogP contribution is -2.52. The molecule has 2 rings (SSSR count). The van der Waals surface area contributed by atoms with Gasteiger partial charge in [-0.3, -0.25) is 24.2 Å². The van der Waals surface area contributed by atoms with Gasteiger partial charge in [0.05, 0.1) is 31.6 Å². The van der Waals surface area contributed by atoms with E-state index in [1.54, 1.807) is 12.3 Å². The first-order chi connectivity index (χ1) is 14.4. The third-order valence-corrected chi connectivity index (χ3v) is 4.77. The SMILES string of the molecule is CC(=O)Nc1cnccc1COCC(NC(=O)CN)C(=O)C(=O)NC1CCCCC1. The van der Waals surface area contributed by atoms with Gasteiger partial charge in [0, 0.05) is 24.7 Å². The summed E-state index contributed by atoms with van der Waals surface area (Å²) in [6.45, 7) is 0.889. The number of amides is 3. The summed E-state index contributed by atoms with van der Waals surface area (Å²) in [6, 6.07) is 0.478. The Morgan fingerprint density at radius 3 is 2.63 bits per heavy atom. The third kappa shape index (κ3) is 7.53. The number of nitrogens with one attached hydrogen (secondary N) is 3. The highest BCUT2D eigenvalue weighted by molar-refractivity contribution is 6.38. The Balaban J connectivity index is 1.97. The van der Waals surface area contributed by atoms with Crippen LogP contribution in [0, 0.1) is 0 Å². The van der Waals surface area contributed by atoms with Gasteiger partial charge >= 0.3 is 0 Å². The van der Waals surface area contributed by atoms with Crippen molar-refractivity contribution in [2.24, 2.45) is 5.73 Å². The highest BCUT2D eigenvalue weighted by Gasteiger charge is 2.29. The molecule has 1 heterocycles. The molecule has 0 aromatic carbocycles. The number of pyridine rings is 1. The Morgan fingerprint density at radius 1 is 1.23 bits per heavy atom. The van der Waals surface area contributed by atoms with Crippen LogP contribution in [0.15, 0.2) is 18.5 Å². The quantitative estimate of drug-likeness (QED) is 0.390. The summed E-state index contributed by atoms with van der Waals surface area (Å²) in [5.41, 5.74) is 6.44. The maximum atomic E-state index is 12.6. The van der Waals surface area contributed by atoms with Gasteiger partial charge in [-0.05, 0) is 18.9 Å². The summed E-state index contributed by atoms with van der Waals surface area (Å²) in [6.07, 6.45) is 7.85. The highest BCUT2D eigenvalue weighted by atomic mass is 16.5. The number of carbonyl (C=O) groups excluding carboxylic acids is 4. The predicted octanol–water partition coefficient (Wildman–Crippen LogP) is 0.0181. The Morgan fingerprint density at radius 2 is 1.97 bits per heavy atom. The van der Waals surface area contributed by atoms with Crippen molar-refractivity contribution in [1.29, 1.82) is 0 Å². The van der Waals surface area contributed by atoms with Crippen LogP contribution in [0.25, 0.3) is 0 Å². The molecule has 1 aliphatic carbocycles. The molecule has 1 unspecified atom stereocenters. The van der Waals surface area contributed by atoms with Crippen molar-refractivity contribution in [3.63, 3.8) is 0 Å². The van der Waals surface area contributed by atoms with Crippen molar-refractivity contribution < 1.29 is 23.9 Å². The zero-order valence-electron chi connectivity index (χ0n) is 17.1. The molecule has 0 bridgehead atoms. The van der Waals surface area contributed by atoms with Crippen LogP contribution in [-0.4, -0.2) is 53.7 Å². The molecule has 10 nitrogen and oxygen atoms in total. The zero-order valence-corrected chi connectivity index (χ0v) is 17.1. The molecule has 1 aromatic heterocycles. The number of aromatic nitrogens is 1. The topological polar surface area (TPSA) is 153 Å². The molecule has 1 aromatic rings. The minimum absolute atomic E-state index is 0.0287. The smallest absolute Gasteiger partial charge is 0.289 e. The molecule has 1 saturated carbocycles. The second-order valence-electron chi connectivity index (χ2n) is 7.23. The monoisotopic (exact) mass is 419 g/mol. The number of hydrogen-bond acceptors (Lipinski definition) is 7. The summed E-state index contributed by atoms with van der Waals surface area (Å²) in [4.78, 5) is 52.0. The Hall–Kier alpha value is -2.85. The van der Waals surface area contributed by atoms with E-state index in [9.17, 15) is 19.2 Å². The average molecular weight is 419 g/mol. The lowest BCUT2D eigenvalue weighted by atomic mass is 9.95. The second-order valence-corrected chi connectivity index (χ2v) is 7.23. The lowest BCUT2D eigenvalue weighted by Gasteiger charge is -2.24. The highest BCUT2D eigenvalue weighted by Crippen LogP contribution is 2.17. The normalized spacial score (nSPS) is 15.1. The van der Waals surface area contributed by atoms with Crippen LogP contribution in [0.2, 0.25) is 0 Å². The van der Waals surface area contributed by atoms with Crippen LogP contribution < -0.4 is 21.7 Å². The first kappa shape index (κ1) is 23.4. The standard InChI is InChI=1S/C20H29N5O5/c1-13(26)23-16-10-22-8-7-14(16)11-30-12-17(25-18(27)9-21)19(28)20(29)24-15-5-3-2-4-6-15/h7-8,10,15,17H,2-6,9,11-12,21H2,1H3,(H,23,26)(H,24,29)(H,25,27). The number of ether oxygens (including phenoxy) is 1. The number of nitrogens with two attached hydrogens (primary N) is 1. The molecule has 0 spiro atoms. The number of nitrogens with zero attached hydrogens (tertiary/aromatic N) is 1. The molecular formula is C20H29N5O5. The second kappa shape index (κ2) is 12.0. The largest absolute Gasteiger partial charge is 0.374 e. The predicted molar refractivity (Wildman–Crippen MR) is 109 cm³/mol. The lowest BCUT2D eigenvalue weighted by molar-refractivity contribution is -0.141. The molecule has 0 saturated heterocycles. The van der Waals surface area contributed by atoms with Crippen molar-refractivity contribution in [2.45, 2.75) is 57.7 Å². The van der Waals surface area contributed by atoms with Gasteiger partial charge in [0.25, 0.3) is 5.91 Å². The summed E-state index contributed by atoms with van der Waals surface area (Å²) < 4.78 is 5.58. The van der Waals surface area contributed by atoms with Crippen molar-refractivity contribution in [1.82, 2.24) is 15.6 Å². The van der Waals surface area contributed by atoms with E-state index in [2.05, 4.69) is 20.9 Å². The fourth-order valence-corrected chi connectivity index (χ4v) is 3.24. The molecule has 164 valence electrons. The van der Waals surface area contributed by atoms with E-state index in [0.717, 1.165) is 32.1 Å². The van der Waals surface area contributed by atoms with Gasteiger partial charge in [-0.2, -0.15) is 0 Å². The Labute approximate surface area is 175 Å². The summed E-state index contributed by atoms with van der Waals surface area (Å²) in [5.74, 6) is -2.34. The Kier molecular flexibility index (Phi) is 9.36. The number of hydrogen-bond donors (Lipinski definition) is 4. The molecule has 0 radical (unpaired) electrons. The van der Waals surface area contributed by atoms with E-state index in [0.29, 0.717) is 11.3 Å². The van der Waals surface area contributed by atoms with Crippen molar-refractivity contribution in [2.75, 3.05) is 18.5 Å². The zero-order chi connectivity index (χ0) is 21.9. The van der Waals surface area contributed by atoms with Crippen LogP contribution in [0.4, 0.5) is 5.69 Å². The maximum Gasteiger partial charge on any atom is 0.289 e. The first-order valence-electron chi connectivity index (χ1n) is 10.0. The van der Waals surface area contributed by atoms with E-state index in [-0.39, 0.29) is 31.7 Å². The number of Topliss-reactive ketones (excluding diaryl/α,β-unsaturated/α-hetero) is 1. The van der Waals surface area contributed by atoms with Gasteiger partial charge in [-0.15, -0.1) is 0 Å². The molecule has 1 aliphatic rings. The van der Waals surface area contributed by atoms with Crippen LogP contribution in [0.5, 0.6) is 0 Å². The van der Waals surface area contributed by atoms with Crippen molar-refractivity contribution in [3.05, 3.63) is 24.0 Å². The minimum atomic E-state index is -1.16. The summed E-state index contributed by atoms with van der Waals surface area (Å²) in [5, 5.41) is 7.82. The number of rotatable bonds is 10. The van der Waals surface area contributed by atoms with Gasteiger partial charge in [-0.1, -0.05) is 19.3 Å². The van der Waals surface area contributed by atoms with E-state index in [4.69, 9.17) is 10.5 Å². The van der Waals surface area contributed by atoms with E-state index < -0.39 is 23.6 Å². The number of carbonyl (C=O) groups is 4.